The van der Waals surface area contributed by atoms with Crippen LogP contribution in [0.1, 0.15) is 213 Å². The van der Waals surface area contributed by atoms with Gasteiger partial charge in [0.2, 0.25) is 0 Å². The highest BCUT2D eigenvalue weighted by atomic mass is 127. The van der Waals surface area contributed by atoms with Gasteiger partial charge >= 0.3 is 7.12 Å². The minimum Gasteiger partial charge on any atom is -0.399 e. The fourth-order valence-electron chi connectivity index (χ4n) is 14.0. The van der Waals surface area contributed by atoms with E-state index in [9.17, 15) is 38.4 Å². The van der Waals surface area contributed by atoms with Gasteiger partial charge in [0.15, 0.2) is 46.3 Å². The first-order valence-electron chi connectivity index (χ1n) is 29.7. The summed E-state index contributed by atoms with van der Waals surface area (Å²) in [5.74, 6) is 1.58. The van der Waals surface area contributed by atoms with Crippen molar-refractivity contribution < 1.29 is 47.7 Å². The van der Waals surface area contributed by atoms with Gasteiger partial charge in [-0.3, -0.25) is 38.4 Å². The van der Waals surface area contributed by atoms with Crippen molar-refractivity contribution >= 4 is 81.4 Å². The van der Waals surface area contributed by atoms with Crippen molar-refractivity contribution in [2.24, 2.45) is 23.7 Å². The van der Waals surface area contributed by atoms with E-state index >= 15 is 0 Å². The Kier molecular flexibility index (Phi) is 17.0. The molecule has 4 bridgehead atoms. The number of carbonyl (C=O) groups excluding carboxylic acids is 8. The Hall–Kier alpha value is -8.95. The molecule has 91 heavy (non-hydrogen) atoms. The SMILES string of the molecule is C.C.C.C1=CC2C=CC1C2.CC1(C)OB(c2ccc3c(c2)C(=O)c2ccccc2C3=O)OC1(C)C.O=C1c2ccccc2C(=O)c2cc(C3C4C=CC(C4)C3c3ccc4c(c3)C(=O)c3ccccc3C4=O)ccc21.O=C1c2ccccc2C(=O)c2cc(I)ccc21. The summed E-state index contributed by atoms with van der Waals surface area (Å²) in [6, 6.07) is 49.9. The average molecular weight is 1320 g/mol. The third-order valence-corrected chi connectivity index (χ3v) is 19.9. The van der Waals surface area contributed by atoms with E-state index in [0.717, 1.165) is 38.4 Å². The third-order valence-electron chi connectivity index (χ3n) is 19.2. The number of fused-ring (bicyclic) bond motifs is 12. The van der Waals surface area contributed by atoms with E-state index in [2.05, 4.69) is 59.0 Å². The van der Waals surface area contributed by atoms with Crippen LogP contribution in [0.3, 0.4) is 0 Å². The smallest absolute Gasteiger partial charge is 0.399 e. The van der Waals surface area contributed by atoms with Crippen LogP contribution in [-0.4, -0.2) is 64.6 Å². The maximum absolute atomic E-state index is 13.4. The van der Waals surface area contributed by atoms with Crippen molar-refractivity contribution in [3.63, 3.8) is 0 Å². The number of halogens is 1. The number of benzene rings is 8. The lowest BCUT2D eigenvalue weighted by Gasteiger charge is -2.32. The monoisotopic (exact) mass is 1310 g/mol. The molecule has 1 saturated carbocycles. The Morgan fingerprint density at radius 2 is 0.604 bits per heavy atom. The first-order valence-corrected chi connectivity index (χ1v) is 30.8. The summed E-state index contributed by atoms with van der Waals surface area (Å²) in [6.45, 7) is 7.93. The van der Waals surface area contributed by atoms with E-state index in [-0.39, 0.29) is 80.4 Å². The van der Waals surface area contributed by atoms with Crippen molar-refractivity contribution in [1.29, 1.82) is 0 Å². The molecule has 17 rings (SSSR count). The Labute approximate surface area is 545 Å². The number of ketones is 8. The molecule has 9 aliphatic rings. The number of rotatable bonds is 3. The second-order valence-electron chi connectivity index (χ2n) is 24.8. The third kappa shape index (κ3) is 10.8. The predicted octanol–water partition coefficient (Wildman–Crippen LogP) is 15.8. The van der Waals surface area contributed by atoms with Crippen molar-refractivity contribution in [1.82, 2.24) is 0 Å². The summed E-state index contributed by atoms with van der Waals surface area (Å²) >= 11 is 2.14. The summed E-state index contributed by atoms with van der Waals surface area (Å²) in [4.78, 5) is 103. The fraction of sp³-hybridized carbons (Fsp3) is 0.215. The fourth-order valence-corrected chi connectivity index (χ4v) is 14.5. The lowest BCUT2D eigenvalue weighted by molar-refractivity contribution is 0.00578. The molecule has 4 unspecified atom stereocenters. The zero-order valence-electron chi connectivity index (χ0n) is 48.5. The number of hydrogen-bond acceptors (Lipinski definition) is 10. The van der Waals surface area contributed by atoms with E-state index in [1.807, 2.05) is 58.0 Å². The van der Waals surface area contributed by atoms with Crippen LogP contribution in [0.4, 0.5) is 0 Å². The zero-order chi connectivity index (χ0) is 61.1. The minimum absolute atomic E-state index is 0. The van der Waals surface area contributed by atoms with Crippen molar-refractivity contribution in [3.8, 4) is 0 Å². The highest BCUT2D eigenvalue weighted by molar-refractivity contribution is 14.1. The van der Waals surface area contributed by atoms with E-state index in [1.165, 1.54) is 6.42 Å². The molecule has 454 valence electrons. The molecular weight excluding hydrogens is 1250 g/mol. The summed E-state index contributed by atoms with van der Waals surface area (Å²) in [7, 11) is -0.560. The van der Waals surface area contributed by atoms with Gasteiger partial charge in [-0.2, -0.15) is 0 Å². The largest absolute Gasteiger partial charge is 0.494 e. The zero-order valence-corrected chi connectivity index (χ0v) is 50.7. The highest BCUT2D eigenvalue weighted by Gasteiger charge is 2.52. The molecule has 0 radical (unpaired) electrons. The van der Waals surface area contributed by atoms with Crippen molar-refractivity contribution in [3.05, 3.63) is 310 Å². The topological polar surface area (TPSA) is 155 Å². The highest BCUT2D eigenvalue weighted by Crippen LogP contribution is 2.58. The van der Waals surface area contributed by atoms with Crippen LogP contribution in [0.5, 0.6) is 0 Å². The average Bonchev–Trinajstić information content (AvgIpc) is 1.66. The van der Waals surface area contributed by atoms with Crippen molar-refractivity contribution in [2.75, 3.05) is 0 Å². The molecule has 12 heteroatoms. The first-order chi connectivity index (χ1) is 42.4. The number of hydrogen-bond donors (Lipinski definition) is 0. The molecule has 0 amide bonds. The molecule has 10 nitrogen and oxygen atoms in total. The molecule has 0 aromatic heterocycles. The summed E-state index contributed by atoms with van der Waals surface area (Å²) in [6.07, 6.45) is 16.1. The second kappa shape index (κ2) is 24.4. The van der Waals surface area contributed by atoms with Gasteiger partial charge in [-0.15, -0.1) is 0 Å². The molecule has 1 heterocycles. The maximum Gasteiger partial charge on any atom is 0.494 e. The summed E-state index contributed by atoms with van der Waals surface area (Å²) < 4.78 is 13.1. The number of allylic oxidation sites excluding steroid dienone is 6. The lowest BCUT2D eigenvalue weighted by Crippen LogP contribution is -2.41. The van der Waals surface area contributed by atoms with Gasteiger partial charge in [0.25, 0.3) is 0 Å². The van der Waals surface area contributed by atoms with Gasteiger partial charge in [0, 0.05) is 92.6 Å². The Morgan fingerprint density at radius 3 is 0.923 bits per heavy atom. The van der Waals surface area contributed by atoms with Gasteiger partial charge in [0.1, 0.15) is 0 Å². The van der Waals surface area contributed by atoms with Gasteiger partial charge in [-0.25, -0.2) is 0 Å². The van der Waals surface area contributed by atoms with E-state index < -0.39 is 18.3 Å². The molecule has 2 fully saturated rings. The van der Waals surface area contributed by atoms with Crippen LogP contribution in [0, 0.1) is 27.2 Å². The normalized spacial score (nSPS) is 21.7. The van der Waals surface area contributed by atoms with E-state index in [0.29, 0.717) is 101 Å². The molecule has 8 aliphatic carbocycles. The Balaban J connectivity index is 0.000000140. The molecule has 0 spiro atoms. The van der Waals surface area contributed by atoms with Crippen LogP contribution in [0.2, 0.25) is 0 Å². The molecular formula is C79H68BIO10. The molecule has 0 N–H and O–H groups in total. The summed E-state index contributed by atoms with van der Waals surface area (Å²) in [5, 5.41) is 0. The quantitative estimate of drug-likeness (QED) is 0.0948. The first kappa shape index (κ1) is 63.6. The second-order valence-corrected chi connectivity index (χ2v) is 26.1. The standard InChI is InChI=1S/C35H22O4.C20H19BO4.C14H7IO2.C7H8.3CH4/c36-32-22-5-1-3-7-24(22)34(38)28-16-20(11-13-26(28)32)30-18-9-10-19(15-18)31(30)21-12-14-27-29(17-21)35(39)25-8-4-2-6-23(25)33(27)37;1-19(2)20(3,4)25-21(24-19)12-9-10-15-16(11-12)18(23)14-8-6-5-7-13(14)17(15)22;15-8-5-6-11-12(7-8)14(17)10-4-2-1-3-9(10)13(11)16;1-2-7-4-3-6(1)5-7;;;/h1-14,16-19,30-31H,15H2;5-11H,1-4H3;1-7H;1-4,6-7H,5H2;3*1H4. The van der Waals surface area contributed by atoms with Gasteiger partial charge < -0.3 is 9.31 Å². The van der Waals surface area contributed by atoms with Gasteiger partial charge in [0.05, 0.1) is 11.2 Å². The summed E-state index contributed by atoms with van der Waals surface area (Å²) in [5.41, 5.74) is 9.34. The van der Waals surface area contributed by atoms with Crippen LogP contribution < -0.4 is 5.46 Å². The minimum atomic E-state index is -0.560. The van der Waals surface area contributed by atoms with Crippen molar-refractivity contribution in [2.45, 2.75) is 85.9 Å². The molecule has 8 aromatic carbocycles. The molecule has 1 aliphatic heterocycles. The predicted molar refractivity (Wildman–Crippen MR) is 364 cm³/mol. The Morgan fingerprint density at radius 1 is 0.330 bits per heavy atom. The van der Waals surface area contributed by atoms with E-state index in [4.69, 9.17) is 9.31 Å². The van der Waals surface area contributed by atoms with E-state index in [1.54, 1.807) is 140 Å². The van der Waals surface area contributed by atoms with Gasteiger partial charge in [-0.1, -0.05) is 198 Å². The molecule has 4 atom stereocenters. The Bertz CT molecular complexity index is 4360. The van der Waals surface area contributed by atoms with Crippen LogP contribution in [0.25, 0.3) is 0 Å². The van der Waals surface area contributed by atoms with Crippen LogP contribution in [0.15, 0.2) is 206 Å². The lowest BCUT2D eigenvalue weighted by atomic mass is 9.72. The van der Waals surface area contributed by atoms with Crippen LogP contribution >= 0.6 is 22.6 Å². The molecule has 1 saturated heterocycles. The molecule has 8 aromatic rings. The number of carbonyl (C=O) groups is 8. The van der Waals surface area contributed by atoms with Gasteiger partial charge in [-0.05, 0) is 146 Å². The maximum atomic E-state index is 13.4. The van der Waals surface area contributed by atoms with Crippen LogP contribution in [-0.2, 0) is 9.31 Å².